The van der Waals surface area contributed by atoms with Crippen molar-refractivity contribution in [3.05, 3.63) is 41.7 Å². The van der Waals surface area contributed by atoms with Gasteiger partial charge in [0.05, 0.1) is 12.2 Å². The molecular weight excluding hydrogens is 197 g/mol. The topological polar surface area (TPSA) is 46.3 Å². The van der Waals surface area contributed by atoms with Gasteiger partial charge in [-0.15, -0.1) is 0 Å². The van der Waals surface area contributed by atoms with E-state index in [0.717, 1.165) is 5.56 Å². The molecule has 15 heavy (non-hydrogen) atoms. The van der Waals surface area contributed by atoms with Crippen LogP contribution in [0.4, 0.5) is 4.39 Å². The Bertz CT molecular complexity index is 479. The zero-order valence-corrected chi connectivity index (χ0v) is 8.20. The average Bonchev–Trinajstić information content (AvgIpc) is 2.69. The number of nitrogens with zero attached hydrogens (tertiary/aromatic N) is 1. The van der Waals surface area contributed by atoms with E-state index < -0.39 is 0 Å². The molecule has 0 amide bonds. The van der Waals surface area contributed by atoms with E-state index >= 15 is 0 Å². The molecule has 0 spiro atoms. The van der Waals surface area contributed by atoms with Gasteiger partial charge in [-0.3, -0.25) is 0 Å². The highest BCUT2D eigenvalue weighted by molar-refractivity contribution is 5.61. The Kier molecular flexibility index (Phi) is 2.51. The number of aromatic nitrogens is 1. The van der Waals surface area contributed by atoms with E-state index in [-0.39, 0.29) is 12.4 Å². The number of hydrogen-bond donors (Lipinski definition) is 1. The summed E-state index contributed by atoms with van der Waals surface area (Å²) in [6, 6.07) is 4.71. The molecule has 0 saturated carbocycles. The number of aryl methyl sites for hydroxylation is 1. The molecule has 1 heterocycles. The number of aliphatic hydroxyl groups is 1. The lowest BCUT2D eigenvalue weighted by Gasteiger charge is -2.02. The minimum Gasteiger partial charge on any atom is -0.443 e. The molecule has 4 heteroatoms. The molecule has 0 atom stereocenters. The van der Waals surface area contributed by atoms with Gasteiger partial charge in [-0.05, 0) is 19.1 Å². The van der Waals surface area contributed by atoms with Crippen LogP contribution in [0.15, 0.2) is 29.0 Å². The average molecular weight is 207 g/mol. The summed E-state index contributed by atoms with van der Waals surface area (Å²) in [5, 5.41) is 8.98. The maximum absolute atomic E-state index is 13.5. The summed E-state index contributed by atoms with van der Waals surface area (Å²) in [5.41, 5.74) is 1.60. The first-order valence-corrected chi connectivity index (χ1v) is 4.52. The van der Waals surface area contributed by atoms with E-state index in [1.807, 2.05) is 6.92 Å². The lowest BCUT2D eigenvalue weighted by Crippen LogP contribution is -1.90. The molecule has 0 aliphatic carbocycles. The second kappa shape index (κ2) is 3.82. The van der Waals surface area contributed by atoms with Crippen molar-refractivity contribution in [2.75, 3.05) is 0 Å². The third kappa shape index (κ3) is 1.76. The van der Waals surface area contributed by atoms with Crippen LogP contribution >= 0.6 is 0 Å². The first-order chi connectivity index (χ1) is 7.22. The summed E-state index contributed by atoms with van der Waals surface area (Å²) in [6.07, 6.45) is 1.20. The van der Waals surface area contributed by atoms with Crippen molar-refractivity contribution in [3.8, 4) is 11.3 Å². The Morgan fingerprint density at radius 2 is 2.27 bits per heavy atom. The smallest absolute Gasteiger partial charge is 0.181 e. The molecule has 0 unspecified atom stereocenters. The van der Waals surface area contributed by atoms with Gasteiger partial charge in [0, 0.05) is 0 Å². The van der Waals surface area contributed by atoms with Crippen LogP contribution in [-0.2, 0) is 6.61 Å². The fraction of sp³-hybridized carbons (Fsp3) is 0.182. The summed E-state index contributed by atoms with van der Waals surface area (Å²) in [7, 11) is 0. The fourth-order valence-electron chi connectivity index (χ4n) is 1.41. The molecule has 0 radical (unpaired) electrons. The normalized spacial score (nSPS) is 10.6. The molecule has 78 valence electrons. The molecule has 1 aromatic heterocycles. The zero-order valence-electron chi connectivity index (χ0n) is 8.20. The van der Waals surface area contributed by atoms with Crippen molar-refractivity contribution < 1.29 is 13.9 Å². The van der Waals surface area contributed by atoms with Crippen LogP contribution < -0.4 is 0 Å². The Morgan fingerprint density at radius 3 is 3.00 bits per heavy atom. The third-order valence-corrected chi connectivity index (χ3v) is 2.16. The van der Waals surface area contributed by atoms with Crippen molar-refractivity contribution in [3.63, 3.8) is 0 Å². The number of benzene rings is 1. The Balaban J connectivity index is 2.58. The lowest BCUT2D eigenvalue weighted by atomic mass is 10.1. The molecule has 2 rings (SSSR count). The van der Waals surface area contributed by atoms with Gasteiger partial charge in [-0.2, -0.15) is 0 Å². The summed E-state index contributed by atoms with van der Waals surface area (Å²) in [5.74, 6) is -0.0919. The predicted octanol–water partition coefficient (Wildman–Crippen LogP) is 2.28. The van der Waals surface area contributed by atoms with Crippen LogP contribution in [0.1, 0.15) is 11.3 Å². The second-order valence-electron chi connectivity index (χ2n) is 3.27. The van der Waals surface area contributed by atoms with E-state index in [9.17, 15) is 4.39 Å². The van der Waals surface area contributed by atoms with Gasteiger partial charge < -0.3 is 9.52 Å². The highest BCUT2D eigenvalue weighted by atomic mass is 19.1. The minimum atomic E-state index is -0.382. The molecule has 2 aromatic rings. The third-order valence-electron chi connectivity index (χ3n) is 2.16. The van der Waals surface area contributed by atoms with Gasteiger partial charge in [0.2, 0.25) is 0 Å². The minimum absolute atomic E-state index is 0.265. The maximum atomic E-state index is 13.5. The summed E-state index contributed by atoms with van der Waals surface area (Å²) < 4.78 is 18.5. The number of halogens is 1. The van der Waals surface area contributed by atoms with Crippen LogP contribution in [0.2, 0.25) is 0 Å². The van der Waals surface area contributed by atoms with Crippen molar-refractivity contribution in [1.29, 1.82) is 0 Å². The van der Waals surface area contributed by atoms with Gasteiger partial charge in [0.25, 0.3) is 0 Å². The fourth-order valence-corrected chi connectivity index (χ4v) is 1.41. The lowest BCUT2D eigenvalue weighted by molar-refractivity contribution is 0.277. The van der Waals surface area contributed by atoms with Crippen LogP contribution in [0.25, 0.3) is 11.3 Å². The first-order valence-electron chi connectivity index (χ1n) is 4.52. The molecule has 3 nitrogen and oxygen atoms in total. The summed E-state index contributed by atoms with van der Waals surface area (Å²) in [6.45, 7) is 1.59. The summed E-state index contributed by atoms with van der Waals surface area (Å²) >= 11 is 0. The van der Waals surface area contributed by atoms with E-state index in [4.69, 9.17) is 9.52 Å². The second-order valence-corrected chi connectivity index (χ2v) is 3.27. The number of rotatable bonds is 2. The summed E-state index contributed by atoms with van der Waals surface area (Å²) in [4.78, 5) is 3.80. The first kappa shape index (κ1) is 9.86. The highest BCUT2D eigenvalue weighted by Crippen LogP contribution is 2.26. The standard InChI is InChI=1S/C11H10FNO2/c1-7-2-3-9(12)8(4-7)11-10(5-14)13-6-15-11/h2-4,6,14H,5H2,1H3. The molecule has 0 aliphatic rings. The number of hydrogen-bond acceptors (Lipinski definition) is 3. The maximum Gasteiger partial charge on any atom is 0.181 e. The van der Waals surface area contributed by atoms with E-state index in [0.29, 0.717) is 17.0 Å². The van der Waals surface area contributed by atoms with Crippen molar-refractivity contribution in [2.45, 2.75) is 13.5 Å². The Morgan fingerprint density at radius 1 is 1.47 bits per heavy atom. The monoisotopic (exact) mass is 207 g/mol. The molecule has 1 N–H and O–H groups in total. The largest absolute Gasteiger partial charge is 0.443 e. The van der Waals surface area contributed by atoms with Gasteiger partial charge in [-0.25, -0.2) is 9.37 Å². The van der Waals surface area contributed by atoms with Crippen molar-refractivity contribution >= 4 is 0 Å². The SMILES string of the molecule is Cc1ccc(F)c(-c2ocnc2CO)c1. The van der Waals surface area contributed by atoms with Crippen molar-refractivity contribution in [1.82, 2.24) is 4.98 Å². The van der Waals surface area contributed by atoms with Gasteiger partial charge in [0.15, 0.2) is 12.2 Å². The van der Waals surface area contributed by atoms with Crippen LogP contribution in [-0.4, -0.2) is 10.1 Å². The van der Waals surface area contributed by atoms with E-state index in [2.05, 4.69) is 4.98 Å². The van der Waals surface area contributed by atoms with Crippen LogP contribution in [0, 0.1) is 12.7 Å². The van der Waals surface area contributed by atoms with Gasteiger partial charge in [0.1, 0.15) is 11.5 Å². The molecule has 0 saturated heterocycles. The van der Waals surface area contributed by atoms with E-state index in [1.54, 1.807) is 12.1 Å². The van der Waals surface area contributed by atoms with Gasteiger partial charge >= 0.3 is 0 Å². The molecule has 0 aliphatic heterocycles. The van der Waals surface area contributed by atoms with Crippen LogP contribution in [0.5, 0.6) is 0 Å². The Hall–Kier alpha value is -1.68. The number of oxazole rings is 1. The molecular formula is C11H10FNO2. The van der Waals surface area contributed by atoms with E-state index in [1.165, 1.54) is 12.5 Å². The zero-order chi connectivity index (χ0) is 10.8. The van der Waals surface area contributed by atoms with Gasteiger partial charge in [-0.1, -0.05) is 11.6 Å². The van der Waals surface area contributed by atoms with Crippen molar-refractivity contribution in [2.24, 2.45) is 0 Å². The Labute approximate surface area is 86.2 Å². The molecule has 0 bridgehead atoms. The molecule has 1 aromatic carbocycles. The van der Waals surface area contributed by atoms with Crippen LogP contribution in [0.3, 0.4) is 0 Å². The highest BCUT2D eigenvalue weighted by Gasteiger charge is 2.14. The molecule has 0 fully saturated rings. The number of aliphatic hydroxyl groups excluding tert-OH is 1. The predicted molar refractivity (Wildman–Crippen MR) is 52.6 cm³/mol. The quantitative estimate of drug-likeness (QED) is 0.821.